The number of fused-ring (bicyclic) bond motifs is 2. The molecule has 0 spiro atoms. The molecular weight excluding hydrogens is 405 g/mol. The van der Waals surface area contributed by atoms with Crippen molar-refractivity contribution in [2.24, 2.45) is 0 Å². The van der Waals surface area contributed by atoms with Gasteiger partial charge < -0.3 is 4.74 Å². The summed E-state index contributed by atoms with van der Waals surface area (Å²) >= 11 is 0. The molecule has 1 aromatic carbocycles. The van der Waals surface area contributed by atoms with Gasteiger partial charge in [-0.2, -0.15) is 5.10 Å². The lowest BCUT2D eigenvalue weighted by molar-refractivity contribution is 0.0733. The summed E-state index contributed by atoms with van der Waals surface area (Å²) in [4.78, 5) is 18.0. The Bertz CT molecular complexity index is 1200. The Morgan fingerprint density at radius 2 is 2.00 bits per heavy atom. The highest BCUT2D eigenvalue weighted by atomic mass is 19.1. The molecule has 4 rings (SSSR count). The van der Waals surface area contributed by atoms with Gasteiger partial charge in [-0.25, -0.2) is 14.2 Å². The van der Waals surface area contributed by atoms with Crippen LogP contribution < -0.4 is 4.74 Å². The molecule has 3 aromatic rings. The number of rotatable bonds is 5. The number of unbranched alkanes of at least 4 members (excludes halogenated alkanes) is 1. The van der Waals surface area contributed by atoms with Crippen molar-refractivity contribution in [1.29, 1.82) is 0 Å². The van der Waals surface area contributed by atoms with Gasteiger partial charge in [-0.3, -0.25) is 4.68 Å². The summed E-state index contributed by atoms with van der Waals surface area (Å²) in [5.74, 6) is -0.416. The molecule has 0 bridgehead atoms. The van der Waals surface area contributed by atoms with Crippen LogP contribution in [0.2, 0.25) is 0 Å². The first-order valence-corrected chi connectivity index (χ1v) is 11.5. The van der Waals surface area contributed by atoms with Crippen molar-refractivity contribution < 1.29 is 13.9 Å². The summed E-state index contributed by atoms with van der Waals surface area (Å²) in [7, 11) is 0. The van der Waals surface area contributed by atoms with Crippen molar-refractivity contribution in [2.45, 2.75) is 85.6 Å². The molecule has 0 N–H and O–H groups in total. The van der Waals surface area contributed by atoms with Gasteiger partial charge in [0.15, 0.2) is 0 Å². The standard InChI is InChI=1S/C26H32FN3O2/c1-7-8-10-20-22(21-11-9-12-30(21)29-20)25(31)32-24-15(2)16(3)28-23-18(24)13-17(14-19(23)27)26(4,5)6/h13-14H,7-12H2,1-6H3. The molecule has 2 aromatic heterocycles. The summed E-state index contributed by atoms with van der Waals surface area (Å²) in [6, 6.07) is 3.43. The molecule has 0 radical (unpaired) electrons. The second-order valence-electron chi connectivity index (χ2n) is 9.84. The molecule has 0 atom stereocenters. The van der Waals surface area contributed by atoms with Gasteiger partial charge in [-0.05, 0) is 62.6 Å². The van der Waals surface area contributed by atoms with E-state index in [1.165, 1.54) is 6.07 Å². The number of esters is 1. The SMILES string of the molecule is CCCCc1nn2c(c1C(=O)Oc1c(C)c(C)nc3c(F)cc(C(C)(C)C)cc13)CCC2. The summed E-state index contributed by atoms with van der Waals surface area (Å²) in [6.45, 7) is 12.7. The van der Waals surface area contributed by atoms with E-state index in [0.29, 0.717) is 22.4 Å². The molecule has 0 unspecified atom stereocenters. The fourth-order valence-corrected chi connectivity index (χ4v) is 4.35. The van der Waals surface area contributed by atoms with Crippen LogP contribution in [0.3, 0.4) is 0 Å². The molecule has 0 fully saturated rings. The van der Waals surface area contributed by atoms with Crippen LogP contribution in [0.25, 0.3) is 10.9 Å². The van der Waals surface area contributed by atoms with Crippen LogP contribution in [0.4, 0.5) is 4.39 Å². The Hall–Kier alpha value is -2.76. The molecular formula is C26H32FN3O2. The lowest BCUT2D eigenvalue weighted by atomic mass is 9.86. The molecule has 1 aliphatic rings. The lowest BCUT2D eigenvalue weighted by Gasteiger charge is -2.21. The van der Waals surface area contributed by atoms with E-state index in [0.717, 1.165) is 61.2 Å². The highest BCUT2D eigenvalue weighted by molar-refractivity contribution is 5.97. The Kier molecular flexibility index (Phi) is 5.82. The van der Waals surface area contributed by atoms with E-state index in [2.05, 4.69) is 11.9 Å². The molecule has 1 aliphatic heterocycles. The summed E-state index contributed by atoms with van der Waals surface area (Å²) in [6.07, 6.45) is 4.54. The van der Waals surface area contributed by atoms with Crippen LogP contribution in [0.1, 0.15) is 85.5 Å². The zero-order chi connectivity index (χ0) is 23.2. The Balaban J connectivity index is 1.84. The summed E-state index contributed by atoms with van der Waals surface area (Å²) in [5.41, 5.74) is 4.55. The predicted molar refractivity (Wildman–Crippen MR) is 124 cm³/mol. The highest BCUT2D eigenvalue weighted by Gasteiger charge is 2.29. The average molecular weight is 438 g/mol. The normalized spacial score (nSPS) is 13.6. The third-order valence-electron chi connectivity index (χ3n) is 6.42. The summed E-state index contributed by atoms with van der Waals surface area (Å²) in [5, 5.41) is 5.23. The van der Waals surface area contributed by atoms with Gasteiger partial charge in [0.25, 0.3) is 0 Å². The molecule has 5 nitrogen and oxygen atoms in total. The van der Waals surface area contributed by atoms with Crippen molar-refractivity contribution in [2.75, 3.05) is 0 Å². The van der Waals surface area contributed by atoms with E-state index >= 15 is 4.39 Å². The van der Waals surface area contributed by atoms with Gasteiger partial charge in [0.05, 0.1) is 11.4 Å². The van der Waals surface area contributed by atoms with Crippen LogP contribution >= 0.6 is 0 Å². The number of pyridine rings is 1. The quantitative estimate of drug-likeness (QED) is 0.460. The molecule has 3 heterocycles. The van der Waals surface area contributed by atoms with Crippen molar-refractivity contribution in [3.8, 4) is 5.75 Å². The molecule has 0 amide bonds. The van der Waals surface area contributed by atoms with Gasteiger partial charge in [-0.15, -0.1) is 0 Å². The maximum atomic E-state index is 15.0. The van der Waals surface area contributed by atoms with Crippen molar-refractivity contribution in [3.05, 3.63) is 51.7 Å². The van der Waals surface area contributed by atoms with Crippen LogP contribution in [0, 0.1) is 19.7 Å². The largest absolute Gasteiger partial charge is 0.422 e. The van der Waals surface area contributed by atoms with Gasteiger partial charge in [-0.1, -0.05) is 34.1 Å². The molecule has 6 heteroatoms. The zero-order valence-corrected chi connectivity index (χ0v) is 19.9. The van der Waals surface area contributed by atoms with Gasteiger partial charge >= 0.3 is 5.97 Å². The minimum absolute atomic E-state index is 0.232. The number of hydrogen-bond donors (Lipinski definition) is 0. The fourth-order valence-electron chi connectivity index (χ4n) is 4.35. The number of hydrogen-bond acceptors (Lipinski definition) is 4. The van der Waals surface area contributed by atoms with Gasteiger partial charge in [0.1, 0.15) is 22.6 Å². The Labute approximate surface area is 189 Å². The maximum Gasteiger partial charge on any atom is 0.347 e. The minimum Gasteiger partial charge on any atom is -0.422 e. The number of benzene rings is 1. The van der Waals surface area contributed by atoms with Crippen LogP contribution in [0.5, 0.6) is 5.75 Å². The van der Waals surface area contributed by atoms with E-state index in [4.69, 9.17) is 9.84 Å². The van der Waals surface area contributed by atoms with Crippen LogP contribution in [-0.2, 0) is 24.8 Å². The monoisotopic (exact) mass is 437 g/mol. The predicted octanol–water partition coefficient (Wildman–Crippen LogP) is 5.99. The third-order valence-corrected chi connectivity index (χ3v) is 6.42. The van der Waals surface area contributed by atoms with E-state index in [9.17, 15) is 4.79 Å². The molecule has 0 aliphatic carbocycles. The van der Waals surface area contributed by atoms with Crippen LogP contribution in [-0.4, -0.2) is 20.7 Å². The van der Waals surface area contributed by atoms with E-state index in [-0.39, 0.29) is 10.9 Å². The first kappa shape index (κ1) is 22.4. The first-order chi connectivity index (χ1) is 15.1. The Morgan fingerprint density at radius 3 is 2.69 bits per heavy atom. The van der Waals surface area contributed by atoms with Gasteiger partial charge in [0.2, 0.25) is 0 Å². The molecule has 170 valence electrons. The fraction of sp³-hybridized carbons (Fsp3) is 0.500. The number of aryl methyl sites for hydroxylation is 3. The number of carbonyl (C=O) groups excluding carboxylic acids is 1. The zero-order valence-electron chi connectivity index (χ0n) is 19.9. The molecule has 0 saturated carbocycles. The minimum atomic E-state index is -0.407. The first-order valence-electron chi connectivity index (χ1n) is 11.5. The topological polar surface area (TPSA) is 57.0 Å². The van der Waals surface area contributed by atoms with E-state index in [1.807, 2.05) is 45.4 Å². The number of carbonyl (C=O) groups is 1. The van der Waals surface area contributed by atoms with Crippen LogP contribution in [0.15, 0.2) is 12.1 Å². The van der Waals surface area contributed by atoms with E-state index in [1.54, 1.807) is 0 Å². The van der Waals surface area contributed by atoms with E-state index < -0.39 is 11.8 Å². The molecule has 0 saturated heterocycles. The van der Waals surface area contributed by atoms with Crippen molar-refractivity contribution in [3.63, 3.8) is 0 Å². The van der Waals surface area contributed by atoms with Crippen molar-refractivity contribution >= 4 is 16.9 Å². The smallest absolute Gasteiger partial charge is 0.347 e. The number of ether oxygens (including phenoxy) is 1. The second kappa shape index (κ2) is 8.30. The highest BCUT2D eigenvalue weighted by Crippen LogP contribution is 2.36. The lowest BCUT2D eigenvalue weighted by Crippen LogP contribution is -2.15. The van der Waals surface area contributed by atoms with Gasteiger partial charge in [0, 0.05) is 23.2 Å². The average Bonchev–Trinajstić information content (AvgIpc) is 3.30. The molecule has 32 heavy (non-hydrogen) atoms. The number of halogens is 1. The summed E-state index contributed by atoms with van der Waals surface area (Å²) < 4.78 is 23.0. The third kappa shape index (κ3) is 3.91. The Morgan fingerprint density at radius 1 is 1.25 bits per heavy atom. The maximum absolute atomic E-state index is 15.0. The second-order valence-corrected chi connectivity index (χ2v) is 9.84. The van der Waals surface area contributed by atoms with Crippen molar-refractivity contribution in [1.82, 2.24) is 14.8 Å². The number of nitrogens with zero attached hydrogens (tertiary/aromatic N) is 3. The number of aromatic nitrogens is 3.